The minimum absolute atomic E-state index is 0.0144. The number of pyridine rings is 1. The van der Waals surface area contributed by atoms with E-state index in [1.807, 2.05) is 57.9 Å². The number of aromatic nitrogens is 3. The molecule has 0 aliphatic carbocycles. The molecule has 284 valence electrons. The van der Waals surface area contributed by atoms with Crippen LogP contribution in [-0.4, -0.2) is 101 Å². The van der Waals surface area contributed by atoms with Crippen LogP contribution in [0.2, 0.25) is 0 Å². The summed E-state index contributed by atoms with van der Waals surface area (Å²) in [5, 5.41) is 17.3. The van der Waals surface area contributed by atoms with Gasteiger partial charge in [-0.05, 0) is 70.7 Å². The number of methoxy groups -OCH3 is 1. The summed E-state index contributed by atoms with van der Waals surface area (Å²) in [5.74, 6) is -2.77. The molecule has 0 bridgehead atoms. The number of fused-ring (bicyclic) bond motifs is 3. The fourth-order valence-corrected chi connectivity index (χ4v) is 8.61. The van der Waals surface area contributed by atoms with Crippen LogP contribution in [0.4, 0.5) is 13.2 Å². The van der Waals surface area contributed by atoms with Crippen LogP contribution < -0.4 is 4.74 Å². The van der Waals surface area contributed by atoms with Crippen LogP contribution in [0.15, 0.2) is 54.4 Å². The summed E-state index contributed by atoms with van der Waals surface area (Å²) in [6.07, 6.45) is 1.25. The van der Waals surface area contributed by atoms with Gasteiger partial charge < -0.3 is 19.5 Å². The Morgan fingerprint density at radius 3 is 2.59 bits per heavy atom. The van der Waals surface area contributed by atoms with Gasteiger partial charge in [-0.15, -0.1) is 11.3 Å². The van der Waals surface area contributed by atoms with E-state index in [4.69, 9.17) is 19.6 Å². The molecule has 1 unspecified atom stereocenters. The minimum atomic E-state index is -0.954. The highest BCUT2D eigenvalue weighted by Gasteiger charge is 2.35. The van der Waals surface area contributed by atoms with Crippen LogP contribution in [-0.2, 0) is 22.5 Å². The number of likely N-dealkylation sites (N-methyl/N-ethyl adjacent to an activating group) is 2. The van der Waals surface area contributed by atoms with E-state index in [2.05, 4.69) is 11.5 Å². The predicted molar refractivity (Wildman–Crippen MR) is 203 cm³/mol. The second kappa shape index (κ2) is 14.9. The van der Waals surface area contributed by atoms with Gasteiger partial charge in [-0.25, -0.2) is 18.2 Å². The summed E-state index contributed by atoms with van der Waals surface area (Å²) in [7, 11) is 7.14. The van der Waals surface area contributed by atoms with Gasteiger partial charge in [0.25, 0.3) is 0 Å². The Morgan fingerprint density at radius 2 is 1.87 bits per heavy atom. The smallest absolute Gasteiger partial charge is 0.246 e. The van der Waals surface area contributed by atoms with E-state index in [0.29, 0.717) is 41.3 Å². The molecule has 0 saturated carbocycles. The molecule has 5 heterocycles. The highest BCUT2D eigenvalue weighted by molar-refractivity contribution is 7.17. The number of ether oxygens (including phenoxy) is 2. The maximum Gasteiger partial charge on any atom is 0.246 e. The molecule has 0 saturated heterocycles. The van der Waals surface area contributed by atoms with Gasteiger partial charge in [0, 0.05) is 54.2 Å². The van der Waals surface area contributed by atoms with Crippen LogP contribution in [0.5, 0.6) is 5.75 Å². The summed E-state index contributed by atoms with van der Waals surface area (Å²) in [4.78, 5) is 23.6. The van der Waals surface area contributed by atoms with Gasteiger partial charge in [0.05, 0.1) is 46.4 Å². The first kappa shape index (κ1) is 37.7. The third kappa shape index (κ3) is 6.59. The maximum atomic E-state index is 16.4. The molecule has 14 heteroatoms. The van der Waals surface area contributed by atoms with E-state index < -0.39 is 23.7 Å². The highest BCUT2D eigenvalue weighted by Crippen LogP contribution is 2.48. The van der Waals surface area contributed by atoms with Crippen LogP contribution in [0.1, 0.15) is 42.8 Å². The molecule has 1 N–H and O–H groups in total. The lowest BCUT2D eigenvalue weighted by molar-refractivity contribution is -0.129. The van der Waals surface area contributed by atoms with Crippen molar-refractivity contribution in [3.63, 3.8) is 0 Å². The van der Waals surface area contributed by atoms with Crippen molar-refractivity contribution < 1.29 is 32.5 Å². The molecule has 10 nitrogen and oxygen atoms in total. The summed E-state index contributed by atoms with van der Waals surface area (Å²) in [5.41, 5.74) is 4.44. The Bertz CT molecular complexity index is 2260. The van der Waals surface area contributed by atoms with Crippen molar-refractivity contribution in [3.05, 3.63) is 88.7 Å². The van der Waals surface area contributed by atoms with Crippen LogP contribution in [0.3, 0.4) is 0 Å². The molecule has 54 heavy (non-hydrogen) atoms. The number of rotatable bonds is 10. The first-order valence-electron chi connectivity index (χ1n) is 17.7. The van der Waals surface area contributed by atoms with Crippen molar-refractivity contribution in [2.75, 3.05) is 48.0 Å². The molecule has 0 radical (unpaired) electrons. The number of nitrogens with zero attached hydrogens (tertiary/aromatic N) is 6. The zero-order valence-corrected chi connectivity index (χ0v) is 31.9. The SMILES string of the molecule is C=CC(=O)N1C[C@H](C)n2nc(-c3nc(-c4ccc5c(c4)CN(C)[C@H](C(O)N(C)C)C5)c4scc(F)c4c3-c3c(F)cc(F)cc3OCCOC)cc2[C@H]1C. The first-order valence-corrected chi connectivity index (χ1v) is 18.6. The number of benzene rings is 2. The van der Waals surface area contributed by atoms with Crippen LogP contribution in [0, 0.1) is 17.5 Å². The number of hydrogen-bond donors (Lipinski definition) is 1. The lowest BCUT2D eigenvalue weighted by Gasteiger charge is -2.39. The third-order valence-corrected chi connectivity index (χ3v) is 11.5. The fourth-order valence-electron chi connectivity index (χ4n) is 7.68. The quantitative estimate of drug-likeness (QED) is 0.0942. The molecule has 7 rings (SSSR count). The monoisotopic (exact) mass is 760 g/mol. The van der Waals surface area contributed by atoms with Gasteiger partial charge in [0.2, 0.25) is 5.91 Å². The Balaban J connectivity index is 1.47. The molecular weight excluding hydrogens is 718 g/mol. The van der Waals surface area contributed by atoms with Gasteiger partial charge >= 0.3 is 0 Å². The second-order valence-corrected chi connectivity index (χ2v) is 15.1. The molecule has 5 aromatic rings. The van der Waals surface area contributed by atoms with Crippen LogP contribution in [0.25, 0.3) is 43.9 Å². The lowest BCUT2D eigenvalue weighted by atomic mass is 9.90. The van der Waals surface area contributed by atoms with Gasteiger partial charge in [-0.1, -0.05) is 18.7 Å². The minimum Gasteiger partial charge on any atom is -0.490 e. The summed E-state index contributed by atoms with van der Waals surface area (Å²) in [6.45, 7) is 8.57. The maximum absolute atomic E-state index is 16.4. The van der Waals surface area contributed by atoms with Gasteiger partial charge in [-0.2, -0.15) is 5.10 Å². The van der Waals surface area contributed by atoms with Crippen molar-refractivity contribution in [1.82, 2.24) is 29.5 Å². The summed E-state index contributed by atoms with van der Waals surface area (Å²) >= 11 is 1.14. The Labute approximate surface area is 316 Å². The van der Waals surface area contributed by atoms with E-state index in [0.717, 1.165) is 40.2 Å². The zero-order chi connectivity index (χ0) is 38.6. The summed E-state index contributed by atoms with van der Waals surface area (Å²) in [6, 6.07) is 8.86. The number of hydrogen-bond acceptors (Lipinski definition) is 9. The topological polar surface area (TPSA) is 96.2 Å². The van der Waals surface area contributed by atoms with E-state index in [1.54, 1.807) is 15.9 Å². The number of thiophene rings is 1. The Hall–Kier alpha value is -4.60. The molecule has 0 spiro atoms. The molecule has 2 aromatic carbocycles. The number of halogens is 3. The number of aliphatic hydroxyl groups excluding tert-OH is 1. The molecule has 2 aliphatic rings. The average molecular weight is 761 g/mol. The highest BCUT2D eigenvalue weighted by atomic mass is 32.1. The van der Waals surface area contributed by atoms with Gasteiger partial charge in [0.15, 0.2) is 0 Å². The largest absolute Gasteiger partial charge is 0.490 e. The number of carbonyl (C=O) groups is 1. The van der Waals surface area contributed by atoms with Crippen molar-refractivity contribution in [3.8, 4) is 39.5 Å². The van der Waals surface area contributed by atoms with Crippen LogP contribution >= 0.6 is 11.3 Å². The molecule has 4 atom stereocenters. The predicted octanol–water partition coefficient (Wildman–Crippen LogP) is 6.82. The molecule has 1 amide bonds. The molecular formula is C40H43F3N6O4S. The normalized spacial score (nSPS) is 19.2. The fraction of sp³-hybridized carbons (Fsp3) is 0.375. The van der Waals surface area contributed by atoms with E-state index in [-0.39, 0.29) is 65.2 Å². The lowest BCUT2D eigenvalue weighted by Crippen LogP contribution is -2.51. The second-order valence-electron chi connectivity index (χ2n) is 14.2. The molecule has 3 aromatic heterocycles. The van der Waals surface area contributed by atoms with Gasteiger partial charge in [-0.3, -0.25) is 19.3 Å². The van der Waals surface area contributed by atoms with Crippen molar-refractivity contribution in [2.24, 2.45) is 0 Å². The van der Waals surface area contributed by atoms with Crippen molar-refractivity contribution >= 4 is 27.3 Å². The Kier molecular flexibility index (Phi) is 10.4. The third-order valence-electron chi connectivity index (χ3n) is 10.5. The zero-order valence-electron chi connectivity index (χ0n) is 31.1. The average Bonchev–Trinajstić information content (AvgIpc) is 3.77. The standard InChI is InChI=1S/C40H43F3N6O4S/c1-8-33(50)48-18-21(2)49-30(22(48)3)17-29(45-49)38-36(34-27(42)15-26(41)16-32(34)53-12-11-52-7)35-28(43)20-54-39(35)37(44-38)24-10-9-23-14-31(40(51)46(4)5)47(6)19-25(23)13-24/h8-10,13,15-17,20-22,31,40,51H,1,11-12,14,18-19H2,2-7H3/t21-,22+,31-,40?/m0/s1. The molecule has 2 aliphatic heterocycles. The van der Waals surface area contributed by atoms with E-state index in [1.165, 1.54) is 18.6 Å². The molecule has 0 fully saturated rings. The van der Waals surface area contributed by atoms with Crippen molar-refractivity contribution in [2.45, 2.75) is 51.2 Å². The van der Waals surface area contributed by atoms with E-state index in [9.17, 15) is 14.3 Å². The summed E-state index contributed by atoms with van der Waals surface area (Å²) < 4.78 is 60.8. The Morgan fingerprint density at radius 1 is 1.09 bits per heavy atom. The van der Waals surface area contributed by atoms with E-state index >= 15 is 8.78 Å². The van der Waals surface area contributed by atoms with Crippen molar-refractivity contribution in [1.29, 1.82) is 0 Å². The van der Waals surface area contributed by atoms with Gasteiger partial charge in [0.1, 0.15) is 47.4 Å². The number of aliphatic hydroxyl groups is 1. The first-order chi connectivity index (χ1) is 25.8. The number of carbonyl (C=O) groups excluding carboxylic acids is 1. The number of amides is 1.